The lowest BCUT2D eigenvalue weighted by Gasteiger charge is -2.27. The fourth-order valence-electron chi connectivity index (χ4n) is 4.04. The van der Waals surface area contributed by atoms with E-state index in [0.29, 0.717) is 17.9 Å². The Morgan fingerprint density at radius 2 is 1.81 bits per heavy atom. The number of aliphatic hydroxyl groups excluding tert-OH is 1. The maximum atomic E-state index is 13.1. The number of nitrogens with zero attached hydrogens (tertiary/aromatic N) is 2. The van der Waals surface area contributed by atoms with Gasteiger partial charge in [0.2, 0.25) is 0 Å². The van der Waals surface area contributed by atoms with Crippen LogP contribution in [0.1, 0.15) is 37.4 Å². The second-order valence-corrected chi connectivity index (χ2v) is 8.57. The second-order valence-electron chi connectivity index (χ2n) is 7.66. The molecule has 170 valence electrons. The molecule has 0 bridgehead atoms. The van der Waals surface area contributed by atoms with Gasteiger partial charge in [-0.2, -0.15) is 0 Å². The highest BCUT2D eigenvalue weighted by Crippen LogP contribution is 2.40. The third-order valence-electron chi connectivity index (χ3n) is 5.84. The number of rotatable bonds is 9. The molecule has 1 saturated heterocycles. The Bertz CT molecular complexity index is 999. The van der Waals surface area contributed by atoms with Crippen molar-refractivity contribution < 1.29 is 19.4 Å². The number of carbonyl (C=O) groups excluding carboxylic acids is 2. The molecule has 1 N–H and O–H groups in total. The first-order chi connectivity index (χ1) is 15.4. The van der Waals surface area contributed by atoms with Gasteiger partial charge in [-0.1, -0.05) is 41.9 Å². The van der Waals surface area contributed by atoms with Crippen LogP contribution in [0.25, 0.3) is 5.76 Å². The average Bonchev–Trinajstić information content (AvgIpc) is 3.06. The van der Waals surface area contributed by atoms with Gasteiger partial charge in [0.05, 0.1) is 18.7 Å². The monoisotopic (exact) mass is 500 g/mol. The maximum absolute atomic E-state index is 13.1. The molecule has 1 aliphatic heterocycles. The largest absolute Gasteiger partial charge is 0.507 e. The van der Waals surface area contributed by atoms with E-state index in [9.17, 15) is 14.7 Å². The van der Waals surface area contributed by atoms with E-state index < -0.39 is 17.7 Å². The van der Waals surface area contributed by atoms with Crippen LogP contribution in [0.15, 0.2) is 58.6 Å². The van der Waals surface area contributed by atoms with E-state index in [2.05, 4.69) is 34.7 Å². The molecule has 1 heterocycles. The van der Waals surface area contributed by atoms with Crippen molar-refractivity contribution in [2.45, 2.75) is 26.3 Å². The van der Waals surface area contributed by atoms with Gasteiger partial charge in [-0.25, -0.2) is 0 Å². The van der Waals surface area contributed by atoms with Gasteiger partial charge in [0.1, 0.15) is 11.5 Å². The van der Waals surface area contributed by atoms with Crippen molar-refractivity contribution >= 4 is 33.4 Å². The summed E-state index contributed by atoms with van der Waals surface area (Å²) >= 11 is 3.48. The summed E-state index contributed by atoms with van der Waals surface area (Å²) in [6.07, 6.45) is 0.738. The van der Waals surface area contributed by atoms with Crippen molar-refractivity contribution in [3.63, 3.8) is 0 Å². The Kier molecular flexibility index (Phi) is 8.10. The highest BCUT2D eigenvalue weighted by molar-refractivity contribution is 9.10. The molecule has 1 aliphatic rings. The molecule has 0 radical (unpaired) electrons. The number of ketones is 1. The molecular formula is C25H29BrN2O4. The summed E-state index contributed by atoms with van der Waals surface area (Å²) in [5.41, 5.74) is 1.35. The third kappa shape index (κ3) is 5.05. The number of benzene rings is 2. The number of methoxy groups -OCH3 is 1. The number of carbonyl (C=O) groups is 2. The van der Waals surface area contributed by atoms with Crippen LogP contribution in [0.3, 0.4) is 0 Å². The van der Waals surface area contributed by atoms with E-state index in [-0.39, 0.29) is 11.3 Å². The van der Waals surface area contributed by atoms with E-state index in [1.165, 1.54) is 0 Å². The molecule has 0 aromatic heterocycles. The van der Waals surface area contributed by atoms with E-state index >= 15 is 0 Å². The number of halogens is 1. The number of hydrogen-bond acceptors (Lipinski definition) is 5. The summed E-state index contributed by atoms with van der Waals surface area (Å²) in [6, 6.07) is 13.6. The van der Waals surface area contributed by atoms with Gasteiger partial charge in [-0.3, -0.25) is 9.59 Å². The van der Waals surface area contributed by atoms with Gasteiger partial charge in [0, 0.05) is 16.6 Å². The standard InChI is InChI=1S/C25H29BrN2O4/c1-4-27(5-2)14-7-15-28-22(18-8-6-9-19(26)16-18)21(24(30)25(28)31)23(29)17-10-12-20(32-3)13-11-17/h6,8-13,16,22,29H,4-5,7,14-15H2,1-3H3/t22-/m1/s1. The fourth-order valence-corrected chi connectivity index (χ4v) is 4.46. The van der Waals surface area contributed by atoms with Crippen molar-refractivity contribution in [3.05, 3.63) is 69.7 Å². The number of Topliss-reactive ketones (excluding diaryl/α,β-unsaturated/α-hetero) is 1. The third-order valence-corrected chi connectivity index (χ3v) is 6.33. The van der Waals surface area contributed by atoms with E-state index in [1.807, 2.05) is 24.3 Å². The van der Waals surface area contributed by atoms with Gasteiger partial charge in [0.25, 0.3) is 11.7 Å². The molecule has 0 spiro atoms. The summed E-state index contributed by atoms with van der Waals surface area (Å²) < 4.78 is 6.02. The Morgan fingerprint density at radius 1 is 1.12 bits per heavy atom. The first kappa shape index (κ1) is 24.0. The SMILES string of the molecule is CCN(CC)CCCN1C(=O)C(=O)C(=C(O)c2ccc(OC)cc2)[C@H]1c1cccc(Br)c1. The van der Waals surface area contributed by atoms with E-state index in [0.717, 1.165) is 36.1 Å². The van der Waals surface area contributed by atoms with Gasteiger partial charge in [-0.05, 0) is 68.0 Å². The van der Waals surface area contributed by atoms with Gasteiger partial charge in [0.15, 0.2) is 0 Å². The molecule has 6 nitrogen and oxygen atoms in total. The second kappa shape index (κ2) is 10.8. The van der Waals surface area contributed by atoms with Crippen molar-refractivity contribution in [1.29, 1.82) is 0 Å². The zero-order valence-corrected chi connectivity index (χ0v) is 20.3. The van der Waals surface area contributed by atoms with E-state index in [1.54, 1.807) is 36.3 Å². The summed E-state index contributed by atoms with van der Waals surface area (Å²) in [4.78, 5) is 30.0. The number of aliphatic hydroxyl groups is 1. The lowest BCUT2D eigenvalue weighted by molar-refractivity contribution is -0.140. The fraction of sp³-hybridized carbons (Fsp3) is 0.360. The van der Waals surface area contributed by atoms with Gasteiger partial charge >= 0.3 is 0 Å². The molecule has 1 amide bonds. The van der Waals surface area contributed by atoms with Crippen molar-refractivity contribution in [2.75, 3.05) is 33.3 Å². The Morgan fingerprint density at radius 3 is 2.41 bits per heavy atom. The highest BCUT2D eigenvalue weighted by atomic mass is 79.9. The zero-order valence-electron chi connectivity index (χ0n) is 18.7. The van der Waals surface area contributed by atoms with Crippen LogP contribution in [-0.4, -0.2) is 59.9 Å². The Balaban J connectivity index is 2.02. The number of ether oxygens (including phenoxy) is 1. The topological polar surface area (TPSA) is 70.1 Å². The van der Waals surface area contributed by atoms with Crippen LogP contribution >= 0.6 is 15.9 Å². The predicted molar refractivity (Wildman–Crippen MR) is 129 cm³/mol. The summed E-state index contributed by atoms with van der Waals surface area (Å²) in [6.45, 7) is 7.33. The number of likely N-dealkylation sites (tertiary alicyclic amines) is 1. The van der Waals surface area contributed by atoms with Crippen LogP contribution in [0.5, 0.6) is 5.75 Å². The van der Waals surface area contributed by atoms with Gasteiger partial charge in [-0.15, -0.1) is 0 Å². The minimum atomic E-state index is -0.661. The van der Waals surface area contributed by atoms with Crippen LogP contribution in [0.2, 0.25) is 0 Å². The number of hydrogen-bond donors (Lipinski definition) is 1. The minimum absolute atomic E-state index is 0.112. The Labute approximate surface area is 197 Å². The summed E-state index contributed by atoms with van der Waals surface area (Å²) in [5.74, 6) is -0.778. The molecule has 0 unspecified atom stereocenters. The molecule has 0 saturated carbocycles. The van der Waals surface area contributed by atoms with E-state index in [4.69, 9.17) is 4.74 Å². The van der Waals surface area contributed by atoms with Crippen LogP contribution < -0.4 is 4.74 Å². The summed E-state index contributed by atoms with van der Waals surface area (Å²) in [7, 11) is 1.56. The van der Waals surface area contributed by atoms with Crippen molar-refractivity contribution in [1.82, 2.24) is 9.80 Å². The molecule has 2 aromatic carbocycles. The Hall–Kier alpha value is -2.64. The smallest absolute Gasteiger partial charge is 0.295 e. The minimum Gasteiger partial charge on any atom is -0.507 e. The first-order valence-electron chi connectivity index (χ1n) is 10.8. The molecule has 1 fully saturated rings. The molecule has 0 aliphatic carbocycles. The maximum Gasteiger partial charge on any atom is 0.295 e. The van der Waals surface area contributed by atoms with Crippen molar-refractivity contribution in [3.8, 4) is 5.75 Å². The molecule has 2 aromatic rings. The highest BCUT2D eigenvalue weighted by Gasteiger charge is 2.45. The molecule has 3 rings (SSSR count). The quantitative estimate of drug-likeness (QED) is 0.309. The normalized spacial score (nSPS) is 17.9. The predicted octanol–water partition coefficient (Wildman–Crippen LogP) is 4.61. The summed E-state index contributed by atoms with van der Waals surface area (Å²) in [5, 5.41) is 11.1. The van der Waals surface area contributed by atoms with Crippen LogP contribution in [0.4, 0.5) is 0 Å². The lowest BCUT2D eigenvalue weighted by Crippen LogP contribution is -2.33. The first-order valence-corrected chi connectivity index (χ1v) is 11.6. The molecular weight excluding hydrogens is 472 g/mol. The molecule has 32 heavy (non-hydrogen) atoms. The van der Waals surface area contributed by atoms with Crippen LogP contribution in [0, 0.1) is 0 Å². The van der Waals surface area contributed by atoms with Crippen LogP contribution in [-0.2, 0) is 9.59 Å². The van der Waals surface area contributed by atoms with Crippen molar-refractivity contribution in [2.24, 2.45) is 0 Å². The number of amides is 1. The zero-order chi connectivity index (χ0) is 23.3. The molecule has 7 heteroatoms. The lowest BCUT2D eigenvalue weighted by atomic mass is 9.95. The van der Waals surface area contributed by atoms with Gasteiger partial charge < -0.3 is 19.6 Å². The molecule has 1 atom stereocenters. The average molecular weight is 501 g/mol.